The molecule has 0 unspecified atom stereocenters. The van der Waals surface area contributed by atoms with Gasteiger partial charge in [-0.3, -0.25) is 10.2 Å². The van der Waals surface area contributed by atoms with E-state index in [-0.39, 0.29) is 16.5 Å². The van der Waals surface area contributed by atoms with Crippen molar-refractivity contribution >= 4 is 23.0 Å². The number of hydrazone groups is 1. The quantitative estimate of drug-likeness (QED) is 0.671. The number of aromatic nitrogens is 2. The fraction of sp³-hybridized carbons (Fsp3) is 0.154. The van der Waals surface area contributed by atoms with Crippen LogP contribution in [0.5, 0.6) is 5.75 Å². The summed E-state index contributed by atoms with van der Waals surface area (Å²) in [5.41, 5.74) is 3.43. The molecule has 0 spiro atoms. The van der Waals surface area contributed by atoms with E-state index < -0.39 is 11.4 Å². The molecule has 0 aliphatic heterocycles. The van der Waals surface area contributed by atoms with Gasteiger partial charge in [-0.15, -0.1) is 0 Å². The average molecular weight is 311 g/mol. The first-order valence-corrected chi connectivity index (χ1v) is 6.28. The molecule has 0 aliphatic rings. The van der Waals surface area contributed by atoms with Crippen molar-refractivity contribution in [3.8, 4) is 5.75 Å². The summed E-state index contributed by atoms with van der Waals surface area (Å²) in [7, 11) is 1.39. The molecular weight excluding hydrogens is 299 g/mol. The Balaban J connectivity index is 2.23. The number of aromatic amines is 1. The largest absolute Gasteiger partial charge is 0.494 e. The lowest BCUT2D eigenvalue weighted by Gasteiger charge is -2.06. The van der Waals surface area contributed by atoms with E-state index in [1.165, 1.54) is 25.4 Å². The van der Waals surface area contributed by atoms with Gasteiger partial charge in [0.1, 0.15) is 10.7 Å². The molecule has 0 saturated carbocycles. The molecule has 0 bridgehead atoms. The van der Waals surface area contributed by atoms with Crippen molar-refractivity contribution in [1.29, 1.82) is 0 Å². The van der Waals surface area contributed by atoms with E-state index in [0.29, 0.717) is 11.3 Å². The Morgan fingerprint density at radius 2 is 2.29 bits per heavy atom. The van der Waals surface area contributed by atoms with Gasteiger partial charge in [-0.1, -0.05) is 11.6 Å². The summed E-state index contributed by atoms with van der Waals surface area (Å²) in [5.74, 6) is -0.332. The zero-order valence-corrected chi connectivity index (χ0v) is 12.0. The lowest BCUT2D eigenvalue weighted by molar-refractivity contribution is 0.386. The highest BCUT2D eigenvalue weighted by Gasteiger charge is 2.07. The van der Waals surface area contributed by atoms with Crippen molar-refractivity contribution in [2.75, 3.05) is 12.5 Å². The molecule has 0 radical (unpaired) electrons. The zero-order valence-electron chi connectivity index (χ0n) is 11.3. The third-order valence-electron chi connectivity index (χ3n) is 2.71. The predicted molar refractivity (Wildman–Crippen MR) is 78.7 cm³/mol. The van der Waals surface area contributed by atoms with Crippen LogP contribution >= 0.6 is 11.6 Å². The molecule has 1 aromatic carbocycles. The van der Waals surface area contributed by atoms with Gasteiger partial charge in [0, 0.05) is 5.56 Å². The van der Waals surface area contributed by atoms with Crippen LogP contribution in [0.25, 0.3) is 0 Å². The molecule has 1 aromatic heterocycles. The topological polar surface area (TPSA) is 79.4 Å². The van der Waals surface area contributed by atoms with Crippen LogP contribution in [0, 0.1) is 5.82 Å². The van der Waals surface area contributed by atoms with Crippen LogP contribution in [0.15, 0.2) is 34.3 Å². The van der Waals surface area contributed by atoms with Crippen molar-refractivity contribution in [2.24, 2.45) is 5.10 Å². The summed E-state index contributed by atoms with van der Waals surface area (Å²) in [6.45, 7) is 1.68. The number of benzene rings is 1. The Hall–Kier alpha value is -2.41. The summed E-state index contributed by atoms with van der Waals surface area (Å²) in [6, 6.07) is 4.47. The molecule has 0 atom stereocenters. The molecule has 8 heteroatoms. The Morgan fingerprint density at radius 3 is 2.95 bits per heavy atom. The normalized spacial score (nSPS) is 11.3. The van der Waals surface area contributed by atoms with E-state index in [9.17, 15) is 9.18 Å². The van der Waals surface area contributed by atoms with Crippen LogP contribution in [-0.2, 0) is 0 Å². The highest BCUT2D eigenvalue weighted by atomic mass is 35.5. The van der Waals surface area contributed by atoms with Crippen molar-refractivity contribution in [2.45, 2.75) is 6.92 Å². The van der Waals surface area contributed by atoms with E-state index in [2.05, 4.69) is 20.7 Å². The second kappa shape index (κ2) is 6.36. The number of hydrogen-bond donors (Lipinski definition) is 2. The fourth-order valence-corrected chi connectivity index (χ4v) is 1.69. The fourth-order valence-electron chi connectivity index (χ4n) is 1.56. The van der Waals surface area contributed by atoms with Gasteiger partial charge in [-0.25, -0.2) is 9.49 Å². The molecule has 2 rings (SSSR count). The highest BCUT2D eigenvalue weighted by Crippen LogP contribution is 2.19. The Morgan fingerprint density at radius 1 is 1.52 bits per heavy atom. The Kier molecular flexibility index (Phi) is 4.54. The van der Waals surface area contributed by atoms with Gasteiger partial charge < -0.3 is 4.74 Å². The average Bonchev–Trinajstić information content (AvgIpc) is 2.48. The number of nitrogens with zero attached hydrogens (tertiary/aromatic N) is 2. The van der Waals surface area contributed by atoms with Crippen molar-refractivity contribution in [3.05, 3.63) is 51.2 Å². The van der Waals surface area contributed by atoms with E-state index in [1.54, 1.807) is 13.0 Å². The molecule has 21 heavy (non-hydrogen) atoms. The first-order chi connectivity index (χ1) is 10.0. The highest BCUT2D eigenvalue weighted by molar-refractivity contribution is 6.32. The summed E-state index contributed by atoms with van der Waals surface area (Å²) < 4.78 is 18.5. The first-order valence-electron chi connectivity index (χ1n) is 5.90. The number of ether oxygens (including phenoxy) is 1. The summed E-state index contributed by atoms with van der Waals surface area (Å²) in [6.07, 6.45) is 1.33. The van der Waals surface area contributed by atoms with Gasteiger partial charge in [0.05, 0.1) is 19.0 Å². The zero-order chi connectivity index (χ0) is 15.4. The summed E-state index contributed by atoms with van der Waals surface area (Å²) in [4.78, 5) is 11.3. The van der Waals surface area contributed by atoms with Crippen molar-refractivity contribution in [1.82, 2.24) is 10.2 Å². The molecule has 6 nitrogen and oxygen atoms in total. The molecule has 0 saturated heterocycles. The number of nitrogens with one attached hydrogen (secondary N) is 2. The maximum absolute atomic E-state index is 13.6. The summed E-state index contributed by atoms with van der Waals surface area (Å²) >= 11 is 5.80. The minimum atomic E-state index is -0.523. The summed E-state index contributed by atoms with van der Waals surface area (Å²) in [5, 5.41) is 9.78. The second-order valence-electron chi connectivity index (χ2n) is 4.09. The molecule has 0 fully saturated rings. The first kappa shape index (κ1) is 15.0. The molecule has 0 aliphatic carbocycles. The van der Waals surface area contributed by atoms with Gasteiger partial charge >= 0.3 is 0 Å². The Labute approximate surface area is 124 Å². The smallest absolute Gasteiger partial charge is 0.285 e. The van der Waals surface area contributed by atoms with E-state index in [1.807, 2.05) is 0 Å². The van der Waals surface area contributed by atoms with Crippen LogP contribution in [-0.4, -0.2) is 23.0 Å². The van der Waals surface area contributed by atoms with E-state index >= 15 is 0 Å². The minimum Gasteiger partial charge on any atom is -0.494 e. The second-order valence-corrected chi connectivity index (χ2v) is 4.46. The minimum absolute atomic E-state index is 0.0533. The predicted octanol–water partition coefficient (Wildman–Crippen LogP) is 2.41. The van der Waals surface area contributed by atoms with Crippen LogP contribution in [0.1, 0.15) is 12.5 Å². The number of rotatable bonds is 4. The standard InChI is InChI=1S/C13H12ClFN4O2/c1-7(8-3-4-11(21-2)9(15)5-8)17-18-10-6-16-19-13(20)12(10)14/h3-6H,1-2H3,(H2,18,19,20)/b17-7-. The van der Waals surface area contributed by atoms with E-state index in [0.717, 1.165) is 0 Å². The van der Waals surface area contributed by atoms with Crippen LogP contribution in [0.4, 0.5) is 10.1 Å². The van der Waals surface area contributed by atoms with Crippen LogP contribution in [0.2, 0.25) is 5.02 Å². The third-order valence-corrected chi connectivity index (χ3v) is 3.08. The maximum Gasteiger partial charge on any atom is 0.285 e. The lowest BCUT2D eigenvalue weighted by Crippen LogP contribution is -2.10. The monoisotopic (exact) mass is 310 g/mol. The number of anilines is 1. The lowest BCUT2D eigenvalue weighted by atomic mass is 10.1. The van der Waals surface area contributed by atoms with Crippen molar-refractivity contribution in [3.63, 3.8) is 0 Å². The van der Waals surface area contributed by atoms with Gasteiger partial charge in [-0.2, -0.15) is 10.2 Å². The van der Waals surface area contributed by atoms with Crippen LogP contribution in [0.3, 0.4) is 0 Å². The molecule has 1 heterocycles. The molecule has 110 valence electrons. The van der Waals surface area contributed by atoms with Crippen molar-refractivity contribution < 1.29 is 9.13 Å². The third kappa shape index (κ3) is 3.38. The van der Waals surface area contributed by atoms with Gasteiger partial charge in [0.2, 0.25) is 0 Å². The van der Waals surface area contributed by atoms with E-state index in [4.69, 9.17) is 16.3 Å². The number of hydrogen-bond acceptors (Lipinski definition) is 5. The number of H-pyrrole nitrogens is 1. The molecule has 2 aromatic rings. The number of methoxy groups -OCH3 is 1. The molecule has 2 N–H and O–H groups in total. The molecular formula is C13H12ClFN4O2. The maximum atomic E-state index is 13.6. The van der Waals surface area contributed by atoms with Gasteiger partial charge in [-0.05, 0) is 25.1 Å². The van der Waals surface area contributed by atoms with Gasteiger partial charge in [0.15, 0.2) is 11.6 Å². The Bertz CT molecular complexity index is 745. The van der Waals surface area contributed by atoms with Crippen LogP contribution < -0.4 is 15.7 Å². The number of halogens is 2. The van der Waals surface area contributed by atoms with Gasteiger partial charge in [0.25, 0.3) is 5.56 Å². The SMILES string of the molecule is COc1ccc(/C(C)=N\Nc2cn[nH]c(=O)c2Cl)cc1F. The molecule has 0 amide bonds.